The molecule has 1 fully saturated rings. The first-order valence-corrected chi connectivity index (χ1v) is 8.78. The summed E-state index contributed by atoms with van der Waals surface area (Å²) < 4.78 is 5.29. The van der Waals surface area contributed by atoms with Gasteiger partial charge in [0.1, 0.15) is 11.2 Å². The van der Waals surface area contributed by atoms with Crippen LogP contribution in [0.5, 0.6) is 0 Å². The number of hydrogen-bond donors (Lipinski definition) is 1. The molecule has 1 aliphatic heterocycles. The van der Waals surface area contributed by atoms with E-state index in [-0.39, 0.29) is 12.2 Å². The van der Waals surface area contributed by atoms with Gasteiger partial charge in [0, 0.05) is 23.8 Å². The maximum Gasteiger partial charge on any atom is 0.325 e. The molecule has 1 N–H and O–H groups in total. The predicted molar refractivity (Wildman–Crippen MR) is 101 cm³/mol. The number of nitrogens with one attached hydrogen (secondary N) is 1. The molecule has 0 saturated carbocycles. The van der Waals surface area contributed by atoms with Crippen LogP contribution in [0, 0.1) is 10.1 Å². The third-order valence-corrected chi connectivity index (χ3v) is 4.85. The molecule has 1 atom stereocenters. The highest BCUT2D eigenvalue weighted by Crippen LogP contribution is 2.32. The normalized spacial score (nSPS) is 18.7. The molecular weight excluding hydrogens is 376 g/mol. The summed E-state index contributed by atoms with van der Waals surface area (Å²) in [5, 5.41) is 17.7. The molecular formula is C20H16N4O5. The highest BCUT2D eigenvalue weighted by Gasteiger charge is 2.49. The number of amides is 3. The van der Waals surface area contributed by atoms with Gasteiger partial charge in [0.2, 0.25) is 0 Å². The molecule has 29 heavy (non-hydrogen) atoms. The smallest absolute Gasteiger partial charge is 0.325 e. The van der Waals surface area contributed by atoms with E-state index in [1.807, 2.05) is 30.3 Å². The second-order valence-corrected chi connectivity index (χ2v) is 6.80. The molecule has 0 aliphatic carbocycles. The van der Waals surface area contributed by atoms with Gasteiger partial charge in [-0.1, -0.05) is 47.6 Å². The van der Waals surface area contributed by atoms with E-state index in [4.69, 9.17) is 4.52 Å². The molecule has 3 aromatic rings. The molecule has 9 nitrogen and oxygen atoms in total. The molecule has 4 rings (SSSR count). The first-order chi connectivity index (χ1) is 13.9. The van der Waals surface area contributed by atoms with Crippen LogP contribution in [0.4, 0.5) is 10.5 Å². The number of aromatic nitrogens is 1. The van der Waals surface area contributed by atoms with Gasteiger partial charge in [-0.15, -0.1) is 0 Å². The summed E-state index contributed by atoms with van der Waals surface area (Å²) in [6.07, 6.45) is 0. The van der Waals surface area contributed by atoms with E-state index in [0.717, 1.165) is 10.5 Å². The number of nitrogens with zero attached hydrogens (tertiary/aromatic N) is 3. The second-order valence-electron chi connectivity index (χ2n) is 6.80. The zero-order valence-corrected chi connectivity index (χ0v) is 15.4. The minimum Gasteiger partial charge on any atom is -0.359 e. The number of imide groups is 1. The Balaban J connectivity index is 1.58. The second kappa shape index (κ2) is 6.86. The van der Waals surface area contributed by atoms with Crippen LogP contribution in [0.3, 0.4) is 0 Å². The average molecular weight is 392 g/mol. The number of nitro groups is 1. The number of non-ortho nitro benzene ring substituents is 1. The molecule has 1 unspecified atom stereocenters. The summed E-state index contributed by atoms with van der Waals surface area (Å²) in [4.78, 5) is 37.0. The van der Waals surface area contributed by atoms with E-state index in [9.17, 15) is 19.7 Å². The quantitative estimate of drug-likeness (QED) is 0.405. The highest BCUT2D eigenvalue weighted by atomic mass is 16.6. The van der Waals surface area contributed by atoms with Crippen LogP contribution < -0.4 is 5.32 Å². The summed E-state index contributed by atoms with van der Waals surface area (Å²) in [6.45, 7) is 1.41. The molecule has 0 bridgehead atoms. The van der Waals surface area contributed by atoms with E-state index in [1.165, 1.54) is 25.1 Å². The van der Waals surface area contributed by atoms with E-state index in [1.54, 1.807) is 12.1 Å². The van der Waals surface area contributed by atoms with Crippen molar-refractivity contribution in [3.8, 4) is 11.3 Å². The fraction of sp³-hybridized carbons (Fsp3) is 0.150. The lowest BCUT2D eigenvalue weighted by Gasteiger charge is -2.21. The number of urea groups is 1. The van der Waals surface area contributed by atoms with Gasteiger partial charge < -0.3 is 9.84 Å². The van der Waals surface area contributed by atoms with Gasteiger partial charge >= 0.3 is 6.03 Å². The zero-order valence-electron chi connectivity index (χ0n) is 15.4. The number of hydrogen-bond acceptors (Lipinski definition) is 6. The number of carbonyl (C=O) groups is 2. The van der Waals surface area contributed by atoms with Crippen molar-refractivity contribution in [3.05, 3.63) is 82.1 Å². The molecule has 2 aromatic carbocycles. The van der Waals surface area contributed by atoms with Gasteiger partial charge in [0.15, 0.2) is 5.76 Å². The average Bonchev–Trinajstić information content (AvgIpc) is 3.28. The Morgan fingerprint density at radius 1 is 1.14 bits per heavy atom. The molecule has 0 radical (unpaired) electrons. The van der Waals surface area contributed by atoms with E-state index in [2.05, 4.69) is 10.5 Å². The standard InChI is InChI=1S/C20H16N4O5/c1-20(14-8-5-9-15(10-14)24(27)28)18(25)23(19(26)21-20)12-16-11-17(22-29-16)13-6-3-2-4-7-13/h2-11H,12H2,1H3,(H,21,26). The van der Waals surface area contributed by atoms with Gasteiger partial charge in [-0.25, -0.2) is 4.79 Å². The summed E-state index contributed by atoms with van der Waals surface area (Å²) in [5.41, 5.74) is 0.197. The first-order valence-electron chi connectivity index (χ1n) is 8.78. The number of carbonyl (C=O) groups excluding carboxylic acids is 2. The Bertz CT molecular complexity index is 1110. The van der Waals surface area contributed by atoms with Crippen molar-refractivity contribution < 1.29 is 19.0 Å². The fourth-order valence-electron chi connectivity index (χ4n) is 3.25. The zero-order chi connectivity index (χ0) is 20.6. The lowest BCUT2D eigenvalue weighted by molar-refractivity contribution is -0.385. The highest BCUT2D eigenvalue weighted by molar-refractivity contribution is 6.07. The topological polar surface area (TPSA) is 119 Å². The third-order valence-electron chi connectivity index (χ3n) is 4.85. The number of benzene rings is 2. The van der Waals surface area contributed by atoms with E-state index >= 15 is 0 Å². The monoisotopic (exact) mass is 392 g/mol. The Morgan fingerprint density at radius 2 is 1.90 bits per heavy atom. The summed E-state index contributed by atoms with van der Waals surface area (Å²) in [7, 11) is 0. The molecule has 9 heteroatoms. The fourth-order valence-corrected chi connectivity index (χ4v) is 3.25. The van der Waals surface area contributed by atoms with Crippen LogP contribution in [0.2, 0.25) is 0 Å². The molecule has 146 valence electrons. The largest absolute Gasteiger partial charge is 0.359 e. The van der Waals surface area contributed by atoms with Crippen molar-refractivity contribution in [2.45, 2.75) is 19.0 Å². The summed E-state index contributed by atoms with van der Waals surface area (Å²) >= 11 is 0. The minimum atomic E-state index is -1.41. The van der Waals surface area contributed by atoms with Gasteiger partial charge in [-0.3, -0.25) is 19.8 Å². The maximum absolute atomic E-state index is 13.0. The van der Waals surface area contributed by atoms with Crippen LogP contribution in [-0.2, 0) is 16.9 Å². The van der Waals surface area contributed by atoms with Gasteiger partial charge in [-0.05, 0) is 12.5 Å². The van der Waals surface area contributed by atoms with Crippen molar-refractivity contribution in [3.63, 3.8) is 0 Å². The number of rotatable bonds is 5. The lowest BCUT2D eigenvalue weighted by Crippen LogP contribution is -2.40. The molecule has 3 amide bonds. The van der Waals surface area contributed by atoms with Crippen LogP contribution >= 0.6 is 0 Å². The van der Waals surface area contributed by atoms with Gasteiger partial charge in [-0.2, -0.15) is 0 Å². The van der Waals surface area contributed by atoms with Crippen molar-refractivity contribution in [1.29, 1.82) is 0 Å². The van der Waals surface area contributed by atoms with Crippen molar-refractivity contribution >= 4 is 17.6 Å². The Kier molecular flexibility index (Phi) is 4.34. The van der Waals surface area contributed by atoms with Crippen molar-refractivity contribution in [1.82, 2.24) is 15.4 Å². The SMILES string of the molecule is CC1(c2cccc([N+](=O)[O-])c2)NC(=O)N(Cc2cc(-c3ccccc3)no2)C1=O. The van der Waals surface area contributed by atoms with Gasteiger partial charge in [0.25, 0.3) is 11.6 Å². The number of nitro benzene ring substituents is 1. The van der Waals surface area contributed by atoms with Crippen molar-refractivity contribution in [2.24, 2.45) is 0 Å². The Hall–Kier alpha value is -4.01. The summed E-state index contributed by atoms with van der Waals surface area (Å²) in [6, 6.07) is 16.1. The lowest BCUT2D eigenvalue weighted by atomic mass is 9.91. The van der Waals surface area contributed by atoms with Crippen molar-refractivity contribution in [2.75, 3.05) is 0 Å². The maximum atomic E-state index is 13.0. The third kappa shape index (κ3) is 3.22. The van der Waals surface area contributed by atoms with Crippen LogP contribution in [0.25, 0.3) is 11.3 Å². The predicted octanol–water partition coefficient (Wildman–Crippen LogP) is 3.22. The minimum absolute atomic E-state index is 0.102. The Morgan fingerprint density at radius 3 is 2.62 bits per heavy atom. The first kappa shape index (κ1) is 18.4. The summed E-state index contributed by atoms with van der Waals surface area (Å²) in [5.74, 6) is -0.184. The van der Waals surface area contributed by atoms with Crippen LogP contribution in [0.15, 0.2) is 65.2 Å². The van der Waals surface area contributed by atoms with E-state index in [0.29, 0.717) is 17.0 Å². The molecule has 1 aromatic heterocycles. The molecule has 1 saturated heterocycles. The Labute approximate surface area is 165 Å². The molecule has 0 spiro atoms. The van der Waals surface area contributed by atoms with E-state index < -0.39 is 22.4 Å². The van der Waals surface area contributed by atoms with Crippen LogP contribution in [-0.4, -0.2) is 26.9 Å². The molecule has 1 aliphatic rings. The molecule has 2 heterocycles. The van der Waals surface area contributed by atoms with Gasteiger partial charge in [0.05, 0.1) is 11.5 Å². The van der Waals surface area contributed by atoms with Crippen LogP contribution in [0.1, 0.15) is 18.2 Å².